The van der Waals surface area contributed by atoms with Gasteiger partial charge in [-0.05, 0) is 32.4 Å². The molecule has 0 atom stereocenters. The maximum atomic E-state index is 11.6. The van der Waals surface area contributed by atoms with Gasteiger partial charge in [-0.1, -0.05) is 12.1 Å². The van der Waals surface area contributed by atoms with Gasteiger partial charge in [0.25, 0.3) is 0 Å². The minimum Gasteiger partial charge on any atom is -0.460 e. The van der Waals surface area contributed by atoms with E-state index in [9.17, 15) is 4.79 Å². The lowest BCUT2D eigenvalue weighted by atomic mass is 10.1. The number of nitrogens with two attached hydrogens (primary N) is 1. The minimum absolute atomic E-state index is 0.0820. The number of hydrogen-bond acceptors (Lipinski definition) is 4. The van der Waals surface area contributed by atoms with E-state index >= 15 is 0 Å². The van der Waals surface area contributed by atoms with Gasteiger partial charge in [-0.2, -0.15) is 5.26 Å². The summed E-state index contributed by atoms with van der Waals surface area (Å²) < 4.78 is 5.19. The van der Waals surface area contributed by atoms with Crippen molar-refractivity contribution in [2.75, 3.05) is 5.73 Å². The number of benzene rings is 1. The van der Waals surface area contributed by atoms with Gasteiger partial charge in [-0.3, -0.25) is 4.79 Å². The number of hydrogen-bond donors (Lipinski definition) is 1. The Morgan fingerprint density at radius 3 is 2.65 bits per heavy atom. The number of para-hydroxylation sites is 1. The Kier molecular flexibility index (Phi) is 3.74. The molecule has 0 aliphatic rings. The van der Waals surface area contributed by atoms with Crippen LogP contribution in [0.15, 0.2) is 18.2 Å². The Labute approximate surface area is 101 Å². The van der Waals surface area contributed by atoms with E-state index in [0.29, 0.717) is 16.8 Å². The van der Waals surface area contributed by atoms with Gasteiger partial charge in [0, 0.05) is 0 Å². The normalized spacial score (nSPS) is 10.7. The summed E-state index contributed by atoms with van der Waals surface area (Å²) in [6.45, 7) is 5.42. The first kappa shape index (κ1) is 13.0. The van der Waals surface area contributed by atoms with Gasteiger partial charge in [-0.25, -0.2) is 0 Å². The molecule has 0 bridgehead atoms. The molecule has 4 heteroatoms. The molecule has 0 aromatic heterocycles. The fourth-order valence-electron chi connectivity index (χ4n) is 1.40. The quantitative estimate of drug-likeness (QED) is 0.625. The molecule has 0 radical (unpaired) electrons. The molecule has 0 fully saturated rings. The lowest BCUT2D eigenvalue weighted by molar-refractivity contribution is -0.153. The van der Waals surface area contributed by atoms with Crippen LogP contribution in [-0.2, 0) is 16.0 Å². The van der Waals surface area contributed by atoms with E-state index in [4.69, 9.17) is 15.7 Å². The molecule has 0 heterocycles. The smallest absolute Gasteiger partial charge is 0.310 e. The summed E-state index contributed by atoms with van der Waals surface area (Å²) in [5.74, 6) is -0.348. The number of nitriles is 1. The molecule has 0 amide bonds. The van der Waals surface area contributed by atoms with Crippen molar-refractivity contribution in [2.24, 2.45) is 0 Å². The number of ether oxygens (including phenoxy) is 1. The highest BCUT2D eigenvalue weighted by molar-refractivity contribution is 5.76. The number of carbonyl (C=O) groups is 1. The highest BCUT2D eigenvalue weighted by Gasteiger charge is 2.17. The molecule has 1 rings (SSSR count). The van der Waals surface area contributed by atoms with Crippen LogP contribution in [0, 0.1) is 11.3 Å². The van der Waals surface area contributed by atoms with E-state index in [1.54, 1.807) is 39.0 Å². The number of anilines is 1. The van der Waals surface area contributed by atoms with Crippen LogP contribution in [-0.4, -0.2) is 11.6 Å². The molecule has 17 heavy (non-hydrogen) atoms. The van der Waals surface area contributed by atoms with Crippen molar-refractivity contribution in [2.45, 2.75) is 32.8 Å². The molecular weight excluding hydrogens is 216 g/mol. The average Bonchev–Trinajstić information content (AvgIpc) is 2.18. The number of carbonyl (C=O) groups excluding carboxylic acids is 1. The molecule has 0 saturated carbocycles. The van der Waals surface area contributed by atoms with Crippen LogP contribution >= 0.6 is 0 Å². The largest absolute Gasteiger partial charge is 0.460 e. The third-order valence-corrected chi connectivity index (χ3v) is 2.07. The summed E-state index contributed by atoms with van der Waals surface area (Å²) in [7, 11) is 0. The Morgan fingerprint density at radius 1 is 1.47 bits per heavy atom. The van der Waals surface area contributed by atoms with E-state index < -0.39 is 5.60 Å². The molecule has 0 aliphatic carbocycles. The van der Waals surface area contributed by atoms with Crippen molar-refractivity contribution < 1.29 is 9.53 Å². The van der Waals surface area contributed by atoms with Crippen LogP contribution in [0.4, 0.5) is 5.69 Å². The fourth-order valence-corrected chi connectivity index (χ4v) is 1.40. The summed E-state index contributed by atoms with van der Waals surface area (Å²) in [4.78, 5) is 11.6. The maximum Gasteiger partial charge on any atom is 0.310 e. The number of esters is 1. The van der Waals surface area contributed by atoms with Crippen LogP contribution < -0.4 is 5.73 Å². The van der Waals surface area contributed by atoms with Crippen LogP contribution in [0.1, 0.15) is 31.9 Å². The van der Waals surface area contributed by atoms with Crippen molar-refractivity contribution in [1.82, 2.24) is 0 Å². The Bertz CT molecular complexity index is 467. The lowest BCUT2D eigenvalue weighted by Crippen LogP contribution is -2.25. The maximum absolute atomic E-state index is 11.6. The molecule has 0 spiro atoms. The zero-order valence-corrected chi connectivity index (χ0v) is 10.3. The molecule has 1 aromatic carbocycles. The Balaban J connectivity index is 2.83. The number of rotatable bonds is 2. The molecule has 90 valence electrons. The van der Waals surface area contributed by atoms with Crippen LogP contribution in [0.2, 0.25) is 0 Å². The molecule has 0 saturated heterocycles. The van der Waals surface area contributed by atoms with Crippen molar-refractivity contribution in [3.8, 4) is 6.07 Å². The molecule has 0 aliphatic heterocycles. The van der Waals surface area contributed by atoms with Crippen molar-refractivity contribution in [3.05, 3.63) is 29.3 Å². The van der Waals surface area contributed by atoms with Crippen molar-refractivity contribution >= 4 is 11.7 Å². The molecule has 4 nitrogen and oxygen atoms in total. The zero-order chi connectivity index (χ0) is 13.1. The summed E-state index contributed by atoms with van der Waals surface area (Å²) in [5, 5.41) is 8.82. The van der Waals surface area contributed by atoms with Crippen LogP contribution in [0.5, 0.6) is 0 Å². The van der Waals surface area contributed by atoms with Gasteiger partial charge in [0.1, 0.15) is 11.7 Å². The first-order chi connectivity index (χ1) is 7.83. The third-order valence-electron chi connectivity index (χ3n) is 2.07. The molecule has 2 N–H and O–H groups in total. The summed E-state index contributed by atoms with van der Waals surface area (Å²) >= 11 is 0. The second kappa shape index (κ2) is 4.88. The van der Waals surface area contributed by atoms with Crippen molar-refractivity contribution in [1.29, 1.82) is 5.26 Å². The molecule has 0 unspecified atom stereocenters. The highest BCUT2D eigenvalue weighted by atomic mass is 16.6. The highest BCUT2D eigenvalue weighted by Crippen LogP contribution is 2.18. The SMILES string of the molecule is CC(C)(C)OC(=O)Cc1cccc(C#N)c1N. The lowest BCUT2D eigenvalue weighted by Gasteiger charge is -2.19. The van der Waals surface area contributed by atoms with E-state index in [1.807, 2.05) is 6.07 Å². The number of nitrogen functional groups attached to an aromatic ring is 1. The van der Waals surface area contributed by atoms with Gasteiger partial charge in [-0.15, -0.1) is 0 Å². The van der Waals surface area contributed by atoms with Gasteiger partial charge in [0.05, 0.1) is 17.7 Å². The monoisotopic (exact) mass is 232 g/mol. The molecule has 1 aromatic rings. The third kappa shape index (κ3) is 3.80. The predicted molar refractivity (Wildman–Crippen MR) is 65.1 cm³/mol. The first-order valence-corrected chi connectivity index (χ1v) is 5.33. The van der Waals surface area contributed by atoms with Gasteiger partial charge in [0.2, 0.25) is 0 Å². The minimum atomic E-state index is -0.515. The van der Waals surface area contributed by atoms with Crippen LogP contribution in [0.3, 0.4) is 0 Å². The van der Waals surface area contributed by atoms with Crippen molar-refractivity contribution in [3.63, 3.8) is 0 Å². The number of nitrogens with zero attached hydrogens (tertiary/aromatic N) is 1. The standard InChI is InChI=1S/C13H16N2O2/c1-13(2,3)17-11(16)7-9-5-4-6-10(8-14)12(9)15/h4-6H,7,15H2,1-3H3. The Hall–Kier alpha value is -2.02. The Morgan fingerprint density at radius 2 is 2.12 bits per heavy atom. The van der Waals surface area contributed by atoms with E-state index in [2.05, 4.69) is 0 Å². The fraction of sp³-hybridized carbons (Fsp3) is 0.385. The van der Waals surface area contributed by atoms with Gasteiger partial charge >= 0.3 is 5.97 Å². The molecular formula is C13H16N2O2. The topological polar surface area (TPSA) is 76.1 Å². The first-order valence-electron chi connectivity index (χ1n) is 5.33. The van der Waals surface area contributed by atoms with Gasteiger partial charge < -0.3 is 10.5 Å². The summed E-state index contributed by atoms with van der Waals surface area (Å²) in [6.07, 6.45) is 0.0820. The van der Waals surface area contributed by atoms with E-state index in [0.717, 1.165) is 0 Å². The van der Waals surface area contributed by atoms with Crippen LogP contribution in [0.25, 0.3) is 0 Å². The van der Waals surface area contributed by atoms with E-state index in [-0.39, 0.29) is 12.4 Å². The van der Waals surface area contributed by atoms with Gasteiger partial charge in [0.15, 0.2) is 0 Å². The second-order valence-corrected chi connectivity index (χ2v) is 4.75. The average molecular weight is 232 g/mol. The predicted octanol–water partition coefficient (Wildman–Crippen LogP) is 2.02. The second-order valence-electron chi connectivity index (χ2n) is 4.75. The van der Waals surface area contributed by atoms with E-state index in [1.165, 1.54) is 0 Å². The summed E-state index contributed by atoms with van der Waals surface area (Å²) in [5.41, 5.74) is 6.61. The summed E-state index contributed by atoms with van der Waals surface area (Å²) in [6, 6.07) is 7.02. The zero-order valence-electron chi connectivity index (χ0n) is 10.3.